The molecule has 1 aromatic heterocycles. The lowest BCUT2D eigenvalue weighted by Crippen LogP contribution is -2.03. The Labute approximate surface area is 85.5 Å². The molecular formula is C11H11F3O. The second kappa shape index (κ2) is 4.38. The van der Waals surface area contributed by atoms with Crippen LogP contribution in [0.4, 0.5) is 13.2 Å². The number of hydrogen-bond acceptors (Lipinski definition) is 1. The van der Waals surface area contributed by atoms with E-state index in [-0.39, 0.29) is 0 Å². The van der Waals surface area contributed by atoms with Gasteiger partial charge in [-0.2, -0.15) is 13.2 Å². The quantitative estimate of drug-likeness (QED) is 0.632. The van der Waals surface area contributed by atoms with E-state index in [4.69, 9.17) is 4.42 Å². The Balaban J connectivity index is 0.000000531. The minimum absolute atomic E-state index is 0.466. The summed E-state index contributed by atoms with van der Waals surface area (Å²) >= 11 is 0. The summed E-state index contributed by atoms with van der Waals surface area (Å²) in [6.07, 6.45) is -2.92. The highest BCUT2D eigenvalue weighted by Crippen LogP contribution is 2.31. The third-order valence-electron chi connectivity index (χ3n) is 1.78. The summed E-state index contributed by atoms with van der Waals surface area (Å²) in [5, 5.41) is 0.467. The van der Waals surface area contributed by atoms with Gasteiger partial charge in [0.05, 0.1) is 11.8 Å². The Kier molecular flexibility index (Phi) is 3.39. The lowest BCUT2D eigenvalue weighted by Gasteiger charge is -2.04. The average Bonchev–Trinajstić information content (AvgIpc) is 2.66. The van der Waals surface area contributed by atoms with E-state index in [9.17, 15) is 13.2 Å². The molecule has 0 radical (unpaired) electrons. The second-order valence-corrected chi connectivity index (χ2v) is 2.67. The maximum atomic E-state index is 12.2. The zero-order valence-corrected chi connectivity index (χ0v) is 8.43. The van der Waals surface area contributed by atoms with Gasteiger partial charge in [-0.05, 0) is 24.3 Å². The number of furan rings is 1. The van der Waals surface area contributed by atoms with Gasteiger partial charge in [-0.15, -0.1) is 0 Å². The van der Waals surface area contributed by atoms with Crippen molar-refractivity contribution in [3.05, 3.63) is 36.1 Å². The van der Waals surface area contributed by atoms with Crippen molar-refractivity contribution in [2.45, 2.75) is 20.0 Å². The maximum Gasteiger partial charge on any atom is 0.416 e. The summed E-state index contributed by atoms with van der Waals surface area (Å²) in [5.74, 6) is 0. The maximum absolute atomic E-state index is 12.2. The molecule has 0 saturated heterocycles. The molecule has 0 atom stereocenters. The van der Waals surface area contributed by atoms with Crippen LogP contribution in [0.1, 0.15) is 19.4 Å². The second-order valence-electron chi connectivity index (χ2n) is 2.67. The molecule has 0 unspecified atom stereocenters. The monoisotopic (exact) mass is 216 g/mol. The average molecular weight is 216 g/mol. The fraction of sp³-hybridized carbons (Fsp3) is 0.273. The number of alkyl halides is 3. The Morgan fingerprint density at radius 1 is 1.07 bits per heavy atom. The predicted molar refractivity (Wildman–Crippen MR) is 52.6 cm³/mol. The van der Waals surface area contributed by atoms with Gasteiger partial charge in [0.25, 0.3) is 0 Å². The first-order chi connectivity index (χ1) is 7.07. The van der Waals surface area contributed by atoms with Crippen LogP contribution in [0.15, 0.2) is 34.9 Å². The molecule has 0 aliphatic heterocycles. The van der Waals surface area contributed by atoms with E-state index in [1.807, 2.05) is 13.8 Å². The normalized spacial score (nSPS) is 11.0. The first kappa shape index (κ1) is 11.6. The number of hydrogen-bond donors (Lipinski definition) is 0. The van der Waals surface area contributed by atoms with E-state index in [2.05, 4.69) is 0 Å². The Morgan fingerprint density at radius 3 is 2.33 bits per heavy atom. The van der Waals surface area contributed by atoms with Crippen molar-refractivity contribution in [1.82, 2.24) is 0 Å². The summed E-state index contributed by atoms with van der Waals surface area (Å²) in [5.41, 5.74) is -0.186. The first-order valence-corrected chi connectivity index (χ1v) is 4.62. The smallest absolute Gasteiger partial charge is 0.416 e. The Morgan fingerprint density at radius 2 is 1.73 bits per heavy atom. The molecule has 1 aromatic carbocycles. The van der Waals surface area contributed by atoms with Gasteiger partial charge in [-0.3, -0.25) is 0 Å². The zero-order valence-electron chi connectivity index (χ0n) is 8.43. The molecule has 2 aromatic rings. The molecule has 0 saturated carbocycles. The van der Waals surface area contributed by atoms with Crippen LogP contribution in [0, 0.1) is 0 Å². The van der Waals surface area contributed by atoms with Crippen LogP contribution < -0.4 is 0 Å². The van der Waals surface area contributed by atoms with Gasteiger partial charge >= 0.3 is 6.18 Å². The van der Waals surface area contributed by atoms with Gasteiger partial charge in [0, 0.05) is 5.39 Å². The molecule has 2 rings (SSSR count). The Hall–Kier alpha value is -1.45. The van der Waals surface area contributed by atoms with Gasteiger partial charge in [0.15, 0.2) is 0 Å². The zero-order chi connectivity index (χ0) is 11.5. The molecule has 0 bridgehead atoms. The molecule has 0 N–H and O–H groups in total. The van der Waals surface area contributed by atoms with E-state index in [1.54, 1.807) is 0 Å². The van der Waals surface area contributed by atoms with E-state index < -0.39 is 11.7 Å². The lowest BCUT2D eigenvalue weighted by atomic mass is 10.1. The highest BCUT2D eigenvalue weighted by molar-refractivity contribution is 5.77. The number of benzene rings is 1. The van der Waals surface area contributed by atoms with Crippen molar-refractivity contribution in [3.8, 4) is 0 Å². The molecule has 15 heavy (non-hydrogen) atoms. The summed E-state index contributed by atoms with van der Waals surface area (Å²) in [4.78, 5) is 0. The standard InChI is InChI=1S/C9H5F3O.C2H6/c10-9(11,12)7-1-2-8-6(5-7)3-4-13-8;1-2/h1-5H;1-2H3. The van der Waals surface area contributed by atoms with Crippen LogP contribution in [0.3, 0.4) is 0 Å². The Bertz CT molecular complexity index is 429. The topological polar surface area (TPSA) is 13.1 Å². The van der Waals surface area contributed by atoms with Crippen LogP contribution >= 0.6 is 0 Å². The van der Waals surface area contributed by atoms with Crippen LogP contribution in [0.25, 0.3) is 11.0 Å². The molecule has 0 amide bonds. The van der Waals surface area contributed by atoms with Crippen molar-refractivity contribution in [1.29, 1.82) is 0 Å². The predicted octanol–water partition coefficient (Wildman–Crippen LogP) is 4.48. The third-order valence-corrected chi connectivity index (χ3v) is 1.78. The van der Waals surface area contributed by atoms with Gasteiger partial charge < -0.3 is 4.42 Å². The molecule has 0 spiro atoms. The third kappa shape index (κ3) is 2.52. The summed E-state index contributed by atoms with van der Waals surface area (Å²) in [6.45, 7) is 4.00. The SMILES string of the molecule is CC.FC(F)(F)c1ccc2occc2c1. The molecule has 1 nitrogen and oxygen atoms in total. The number of rotatable bonds is 0. The van der Waals surface area contributed by atoms with E-state index >= 15 is 0 Å². The summed E-state index contributed by atoms with van der Waals surface area (Å²) < 4.78 is 41.5. The van der Waals surface area contributed by atoms with E-state index in [1.165, 1.54) is 18.4 Å². The van der Waals surface area contributed by atoms with Crippen LogP contribution in [0.5, 0.6) is 0 Å². The molecule has 1 heterocycles. The fourth-order valence-corrected chi connectivity index (χ4v) is 1.14. The summed E-state index contributed by atoms with van der Waals surface area (Å²) in [7, 11) is 0. The van der Waals surface area contributed by atoms with Gasteiger partial charge in [-0.1, -0.05) is 13.8 Å². The highest BCUT2D eigenvalue weighted by Gasteiger charge is 2.30. The molecular weight excluding hydrogens is 205 g/mol. The van der Waals surface area contributed by atoms with Gasteiger partial charge in [-0.25, -0.2) is 0 Å². The van der Waals surface area contributed by atoms with Crippen molar-refractivity contribution >= 4 is 11.0 Å². The highest BCUT2D eigenvalue weighted by atomic mass is 19.4. The van der Waals surface area contributed by atoms with Crippen molar-refractivity contribution in [3.63, 3.8) is 0 Å². The number of halogens is 3. The lowest BCUT2D eigenvalue weighted by molar-refractivity contribution is -0.137. The van der Waals surface area contributed by atoms with Crippen molar-refractivity contribution < 1.29 is 17.6 Å². The van der Waals surface area contributed by atoms with Crippen LogP contribution in [-0.4, -0.2) is 0 Å². The van der Waals surface area contributed by atoms with Crippen molar-refractivity contribution in [2.75, 3.05) is 0 Å². The van der Waals surface area contributed by atoms with Gasteiger partial charge in [0.1, 0.15) is 5.58 Å². The van der Waals surface area contributed by atoms with Gasteiger partial charge in [0.2, 0.25) is 0 Å². The van der Waals surface area contributed by atoms with Crippen LogP contribution in [-0.2, 0) is 6.18 Å². The molecule has 0 aliphatic rings. The molecule has 0 aliphatic carbocycles. The summed E-state index contributed by atoms with van der Waals surface area (Å²) in [6, 6.07) is 4.90. The molecule has 0 fully saturated rings. The molecule has 82 valence electrons. The molecule has 4 heteroatoms. The minimum atomic E-state index is -4.29. The first-order valence-electron chi connectivity index (χ1n) is 4.62. The number of fused-ring (bicyclic) bond motifs is 1. The minimum Gasteiger partial charge on any atom is -0.464 e. The fourth-order valence-electron chi connectivity index (χ4n) is 1.14. The van der Waals surface area contributed by atoms with Crippen molar-refractivity contribution in [2.24, 2.45) is 0 Å². The van der Waals surface area contributed by atoms with E-state index in [0.717, 1.165) is 12.1 Å². The van der Waals surface area contributed by atoms with E-state index in [0.29, 0.717) is 11.0 Å². The van der Waals surface area contributed by atoms with Crippen LogP contribution in [0.2, 0.25) is 0 Å². The largest absolute Gasteiger partial charge is 0.464 e.